The molecule has 0 bridgehead atoms. The first-order valence-corrected chi connectivity index (χ1v) is 13.5. The predicted octanol–water partition coefficient (Wildman–Crippen LogP) is 3.00. The van der Waals surface area contributed by atoms with Crippen molar-refractivity contribution in [3.63, 3.8) is 0 Å². The van der Waals surface area contributed by atoms with Gasteiger partial charge >= 0.3 is 0 Å². The summed E-state index contributed by atoms with van der Waals surface area (Å²) in [5, 5.41) is 4.69. The van der Waals surface area contributed by atoms with Crippen molar-refractivity contribution in [2.24, 2.45) is 5.92 Å². The van der Waals surface area contributed by atoms with Crippen molar-refractivity contribution in [3.8, 4) is 5.88 Å². The van der Waals surface area contributed by atoms with Crippen LogP contribution in [0.25, 0.3) is 10.3 Å². The lowest BCUT2D eigenvalue weighted by Crippen LogP contribution is -2.27. The molecule has 1 atom stereocenters. The van der Waals surface area contributed by atoms with Crippen molar-refractivity contribution in [1.82, 2.24) is 19.7 Å². The van der Waals surface area contributed by atoms with Crippen LogP contribution < -0.4 is 4.74 Å². The molecule has 0 spiro atoms. The lowest BCUT2D eigenvalue weighted by Gasteiger charge is -2.26. The number of hydrogen-bond acceptors (Lipinski definition) is 9. The van der Waals surface area contributed by atoms with Gasteiger partial charge in [-0.15, -0.1) is 0 Å². The second-order valence-corrected chi connectivity index (χ2v) is 11.9. The maximum Gasteiger partial charge on any atom is 0.214 e. The molecule has 1 aliphatic carbocycles. The molecule has 33 heavy (non-hydrogen) atoms. The van der Waals surface area contributed by atoms with E-state index in [0.717, 1.165) is 23.2 Å². The van der Waals surface area contributed by atoms with Crippen LogP contribution >= 0.6 is 11.3 Å². The third-order valence-electron chi connectivity index (χ3n) is 6.27. The molecular weight excluding hydrogens is 464 g/mol. The van der Waals surface area contributed by atoms with Crippen molar-refractivity contribution in [1.29, 1.82) is 0 Å². The normalized spacial score (nSPS) is 18.5. The summed E-state index contributed by atoms with van der Waals surface area (Å²) >= 11 is 1.37. The molecule has 0 radical (unpaired) electrons. The number of hydrogen-bond donors (Lipinski definition) is 0. The second-order valence-electron chi connectivity index (χ2n) is 8.64. The van der Waals surface area contributed by atoms with Gasteiger partial charge in [-0.3, -0.25) is 9.48 Å². The zero-order valence-electron chi connectivity index (χ0n) is 18.3. The first-order valence-electron chi connectivity index (χ1n) is 11.1. The molecular formula is C22H26N4O5S2. The zero-order chi connectivity index (χ0) is 23.0. The fourth-order valence-electron chi connectivity index (χ4n) is 4.19. The minimum atomic E-state index is -3.37. The van der Waals surface area contributed by atoms with E-state index >= 15 is 0 Å². The number of ketones is 1. The summed E-state index contributed by atoms with van der Waals surface area (Å²) in [6, 6.07) is 3.02. The van der Waals surface area contributed by atoms with Gasteiger partial charge in [-0.25, -0.2) is 18.4 Å². The number of carbonyl (C=O) groups excluding carboxylic acids is 1. The number of ether oxygens (including phenoxy) is 2. The van der Waals surface area contributed by atoms with Crippen LogP contribution in [-0.2, 0) is 25.8 Å². The van der Waals surface area contributed by atoms with Gasteiger partial charge in [-0.1, -0.05) is 11.3 Å². The summed E-state index contributed by atoms with van der Waals surface area (Å²) < 4.78 is 37.5. The Labute approximate surface area is 196 Å². The molecule has 9 nitrogen and oxygen atoms in total. The number of carbonyl (C=O) groups is 1. The fourth-order valence-corrected chi connectivity index (χ4v) is 6.72. The Kier molecular flexibility index (Phi) is 6.19. The van der Waals surface area contributed by atoms with Gasteiger partial charge in [0.25, 0.3) is 0 Å². The van der Waals surface area contributed by atoms with Gasteiger partial charge in [-0.2, -0.15) is 5.10 Å². The number of aromatic nitrogens is 4. The van der Waals surface area contributed by atoms with Gasteiger partial charge in [0, 0.05) is 25.5 Å². The maximum absolute atomic E-state index is 13.5. The number of fused-ring (bicyclic) bond motifs is 1. The Balaban J connectivity index is 1.40. The average Bonchev–Trinajstić information content (AvgIpc) is 3.44. The first-order chi connectivity index (χ1) is 15.9. The molecule has 1 saturated carbocycles. The molecule has 2 fully saturated rings. The number of methoxy groups -OCH3 is 1. The Morgan fingerprint density at radius 1 is 1.24 bits per heavy atom. The van der Waals surface area contributed by atoms with E-state index in [1.807, 2.05) is 6.07 Å². The molecule has 5 rings (SSSR count). The maximum atomic E-state index is 13.5. The van der Waals surface area contributed by atoms with Crippen LogP contribution in [0.15, 0.2) is 29.4 Å². The lowest BCUT2D eigenvalue weighted by molar-refractivity contribution is -0.122. The van der Waals surface area contributed by atoms with E-state index in [9.17, 15) is 13.2 Å². The molecule has 3 aromatic heterocycles. The van der Waals surface area contributed by atoms with Crippen molar-refractivity contribution >= 4 is 37.3 Å². The molecule has 0 unspecified atom stereocenters. The smallest absolute Gasteiger partial charge is 0.214 e. The largest absolute Gasteiger partial charge is 0.481 e. The van der Waals surface area contributed by atoms with E-state index in [2.05, 4.69) is 15.1 Å². The quantitative estimate of drug-likeness (QED) is 0.450. The number of pyridine rings is 1. The molecule has 0 amide bonds. The minimum absolute atomic E-state index is 0.0361. The highest BCUT2D eigenvalue weighted by atomic mass is 32.2. The molecule has 11 heteroatoms. The number of nitrogens with zero attached hydrogens (tertiary/aromatic N) is 4. The summed E-state index contributed by atoms with van der Waals surface area (Å²) in [4.78, 5) is 23.3. The van der Waals surface area contributed by atoms with E-state index in [1.54, 1.807) is 17.9 Å². The summed E-state index contributed by atoms with van der Waals surface area (Å²) in [6.45, 7) is 1.36. The topological polar surface area (TPSA) is 113 Å². The number of Topliss-reactive ketones (excluding diaryl/α,β-unsaturated/α-hetero) is 1. The Hall–Kier alpha value is -2.37. The monoisotopic (exact) mass is 490 g/mol. The van der Waals surface area contributed by atoms with Crippen LogP contribution in [0.2, 0.25) is 0 Å². The van der Waals surface area contributed by atoms with Crippen molar-refractivity contribution in [2.75, 3.05) is 20.3 Å². The van der Waals surface area contributed by atoms with Gasteiger partial charge in [-0.05, 0) is 44.1 Å². The van der Waals surface area contributed by atoms with Crippen LogP contribution in [0.4, 0.5) is 0 Å². The van der Waals surface area contributed by atoms with E-state index in [1.165, 1.54) is 23.7 Å². The Morgan fingerprint density at radius 3 is 2.76 bits per heavy atom. The second kappa shape index (κ2) is 9.11. The Morgan fingerprint density at radius 2 is 2.03 bits per heavy atom. The predicted molar refractivity (Wildman–Crippen MR) is 122 cm³/mol. The van der Waals surface area contributed by atoms with Gasteiger partial charge in [0.1, 0.15) is 26.3 Å². The van der Waals surface area contributed by atoms with Crippen molar-refractivity contribution in [3.05, 3.63) is 29.5 Å². The summed E-state index contributed by atoms with van der Waals surface area (Å²) in [6.07, 6.45) is 6.78. The van der Waals surface area contributed by atoms with Crippen LogP contribution in [0.3, 0.4) is 0 Å². The average molecular weight is 491 g/mol. The van der Waals surface area contributed by atoms with Crippen LogP contribution in [0.1, 0.15) is 43.2 Å². The van der Waals surface area contributed by atoms with Gasteiger partial charge in [0.15, 0.2) is 15.6 Å². The molecule has 0 N–H and O–H groups in total. The van der Waals surface area contributed by atoms with Crippen LogP contribution in [-0.4, -0.2) is 59.5 Å². The van der Waals surface area contributed by atoms with E-state index in [-0.39, 0.29) is 22.3 Å². The molecule has 3 aromatic rings. The number of thiazole rings is 1. The van der Waals surface area contributed by atoms with E-state index in [4.69, 9.17) is 9.47 Å². The zero-order valence-corrected chi connectivity index (χ0v) is 20.0. The highest BCUT2D eigenvalue weighted by molar-refractivity contribution is 7.92. The molecule has 2 aliphatic rings. The highest BCUT2D eigenvalue weighted by Gasteiger charge is 2.38. The molecule has 176 valence electrons. The lowest BCUT2D eigenvalue weighted by atomic mass is 9.90. The molecule has 1 saturated heterocycles. The highest BCUT2D eigenvalue weighted by Crippen LogP contribution is 2.34. The van der Waals surface area contributed by atoms with Crippen molar-refractivity contribution in [2.45, 2.75) is 54.7 Å². The van der Waals surface area contributed by atoms with Gasteiger partial charge < -0.3 is 9.47 Å². The van der Waals surface area contributed by atoms with Crippen LogP contribution in [0.5, 0.6) is 5.88 Å². The fraction of sp³-hybridized carbons (Fsp3) is 0.545. The number of rotatable bonds is 9. The third kappa shape index (κ3) is 4.80. The van der Waals surface area contributed by atoms with E-state index < -0.39 is 15.9 Å². The first kappa shape index (κ1) is 22.4. The minimum Gasteiger partial charge on any atom is -0.481 e. The SMILES string of the molecule is COc1ccc2nc(CC(=O)[C@H](CC3CCOCC3)n3cc(S(=O)(=O)C4CC4)cn3)sc2n1. The molecule has 1 aliphatic heterocycles. The van der Waals surface area contributed by atoms with Crippen LogP contribution in [0, 0.1) is 5.92 Å². The number of sulfone groups is 1. The Bertz CT molecular complexity index is 1260. The molecule has 4 heterocycles. The van der Waals surface area contributed by atoms with Crippen molar-refractivity contribution < 1.29 is 22.7 Å². The standard InChI is InChI=1S/C22H26N4O5S2/c1-30-20-5-4-17-22(25-20)32-21(24-17)11-19(27)18(10-14-6-8-31-9-7-14)26-13-16(12-23-26)33(28,29)15-2-3-15/h4-5,12-15,18H,2-3,6-11H2,1H3/t18-/m0/s1. The summed E-state index contributed by atoms with van der Waals surface area (Å²) in [5.41, 5.74) is 0.724. The van der Waals surface area contributed by atoms with E-state index in [0.29, 0.717) is 49.3 Å². The molecule has 0 aromatic carbocycles. The van der Waals surface area contributed by atoms with Gasteiger partial charge in [0.2, 0.25) is 5.88 Å². The third-order valence-corrected chi connectivity index (χ3v) is 9.45. The summed E-state index contributed by atoms with van der Waals surface area (Å²) in [5.74, 6) is 0.787. The summed E-state index contributed by atoms with van der Waals surface area (Å²) in [7, 11) is -1.81. The van der Waals surface area contributed by atoms with Gasteiger partial charge in [0.05, 0.1) is 25.0 Å².